The molecule has 2 fully saturated rings. The molecular weight excluding hydrogens is 414 g/mol. The Morgan fingerprint density at radius 3 is 2.39 bits per heavy atom. The molecule has 0 radical (unpaired) electrons. The predicted molar refractivity (Wildman–Crippen MR) is 121 cm³/mol. The summed E-state index contributed by atoms with van der Waals surface area (Å²) in [6.45, 7) is 6.95. The number of nitrogens with zero attached hydrogens (tertiary/aromatic N) is 2. The highest BCUT2D eigenvalue weighted by Gasteiger charge is 2.54. The molecule has 2 amide bonds. The lowest BCUT2D eigenvalue weighted by atomic mass is 9.81. The van der Waals surface area contributed by atoms with Crippen LogP contribution in [-0.4, -0.2) is 60.7 Å². The zero-order chi connectivity index (χ0) is 22.6. The number of carbonyl (C=O) groups is 2. The minimum Gasteiger partial charge on any atom is -0.342 e. The number of amides is 2. The van der Waals surface area contributed by atoms with Gasteiger partial charge >= 0.3 is 0 Å². The van der Waals surface area contributed by atoms with Gasteiger partial charge in [0.1, 0.15) is 11.6 Å². The lowest BCUT2D eigenvalue weighted by Crippen LogP contribution is -2.73. The first kappa shape index (κ1) is 23.5. The highest BCUT2D eigenvalue weighted by molar-refractivity contribution is 7.92. The summed E-state index contributed by atoms with van der Waals surface area (Å²) in [6, 6.07) is 8.76. The third kappa shape index (κ3) is 5.01. The summed E-state index contributed by atoms with van der Waals surface area (Å²) in [7, 11) is -3.61. The molecule has 1 atom stereocenters. The summed E-state index contributed by atoms with van der Waals surface area (Å²) < 4.78 is 27.0. The Hall–Kier alpha value is -2.19. The zero-order valence-electron chi connectivity index (χ0n) is 18.6. The fourth-order valence-electron chi connectivity index (χ4n) is 4.48. The molecule has 31 heavy (non-hydrogen) atoms. The van der Waals surface area contributed by atoms with E-state index in [-0.39, 0.29) is 30.8 Å². The standard InChI is InChI=1S/C23H33N3O4S/c1-4-13-26-21(27)20(17-18(2)3)24-22(28)23(26)11-14-25(15-12-23)31(29,30)16-10-19-8-6-5-7-9-19/h5-10,16,18,20H,4,11-15,17H2,1-3H3,(H,24,28). The summed E-state index contributed by atoms with van der Waals surface area (Å²) in [5.74, 6) is 0.0914. The molecule has 0 aromatic heterocycles. The third-order valence-electron chi connectivity index (χ3n) is 6.10. The number of rotatable bonds is 7. The maximum absolute atomic E-state index is 13.2. The van der Waals surface area contributed by atoms with Gasteiger partial charge in [0.25, 0.3) is 0 Å². The van der Waals surface area contributed by atoms with Crippen LogP contribution in [0, 0.1) is 5.92 Å². The topological polar surface area (TPSA) is 86.8 Å². The number of benzene rings is 1. The van der Waals surface area contributed by atoms with E-state index in [0.717, 1.165) is 12.0 Å². The molecular formula is C23H33N3O4S. The summed E-state index contributed by atoms with van der Waals surface area (Å²) in [5, 5.41) is 4.15. The van der Waals surface area contributed by atoms with Gasteiger partial charge in [0.05, 0.1) is 0 Å². The lowest BCUT2D eigenvalue weighted by Gasteiger charge is -2.51. The summed E-state index contributed by atoms with van der Waals surface area (Å²) in [4.78, 5) is 28.1. The fraction of sp³-hybridized carbons (Fsp3) is 0.565. The number of hydrogen-bond donors (Lipinski definition) is 1. The second-order valence-corrected chi connectivity index (χ2v) is 10.7. The van der Waals surface area contributed by atoms with Crippen LogP contribution in [0.1, 0.15) is 52.0 Å². The van der Waals surface area contributed by atoms with Gasteiger partial charge < -0.3 is 10.2 Å². The van der Waals surface area contributed by atoms with E-state index in [1.807, 2.05) is 51.1 Å². The van der Waals surface area contributed by atoms with Crippen LogP contribution in [0.15, 0.2) is 35.7 Å². The molecule has 3 rings (SSSR count). The molecule has 2 aliphatic rings. The van der Waals surface area contributed by atoms with Crippen LogP contribution in [0.25, 0.3) is 6.08 Å². The first-order valence-electron chi connectivity index (χ1n) is 11.1. The van der Waals surface area contributed by atoms with Crippen LogP contribution in [0.3, 0.4) is 0 Å². The van der Waals surface area contributed by atoms with Crippen molar-refractivity contribution in [3.05, 3.63) is 41.3 Å². The van der Waals surface area contributed by atoms with Gasteiger partial charge in [-0.25, -0.2) is 8.42 Å². The molecule has 2 aliphatic heterocycles. The maximum Gasteiger partial charge on any atom is 0.246 e. The highest BCUT2D eigenvalue weighted by atomic mass is 32.2. The minimum absolute atomic E-state index is 0.0459. The Balaban J connectivity index is 1.75. The molecule has 0 saturated carbocycles. The normalized spacial score (nSPS) is 22.5. The lowest BCUT2D eigenvalue weighted by molar-refractivity contribution is -0.160. The number of nitrogens with one attached hydrogen (secondary N) is 1. The van der Waals surface area contributed by atoms with Crippen LogP contribution >= 0.6 is 0 Å². The smallest absolute Gasteiger partial charge is 0.246 e. The Labute approximate surface area is 185 Å². The number of hydrogen-bond acceptors (Lipinski definition) is 4. The van der Waals surface area contributed by atoms with Crippen molar-refractivity contribution >= 4 is 27.9 Å². The van der Waals surface area contributed by atoms with Crippen LogP contribution in [0.5, 0.6) is 0 Å². The van der Waals surface area contributed by atoms with Crippen LogP contribution in [0.4, 0.5) is 0 Å². The molecule has 8 heteroatoms. The van der Waals surface area contributed by atoms with Gasteiger partial charge in [-0.2, -0.15) is 4.31 Å². The van der Waals surface area contributed by atoms with Crippen molar-refractivity contribution < 1.29 is 18.0 Å². The van der Waals surface area contributed by atoms with Gasteiger partial charge in [-0.05, 0) is 43.2 Å². The fourth-order valence-corrected chi connectivity index (χ4v) is 5.67. The summed E-state index contributed by atoms with van der Waals surface area (Å²) >= 11 is 0. The number of carbonyl (C=O) groups excluding carboxylic acids is 2. The van der Waals surface area contributed by atoms with Gasteiger partial charge in [0.2, 0.25) is 21.8 Å². The van der Waals surface area contributed by atoms with E-state index in [1.165, 1.54) is 9.71 Å². The minimum atomic E-state index is -3.61. The van der Waals surface area contributed by atoms with Crippen molar-refractivity contribution in [1.29, 1.82) is 0 Å². The Morgan fingerprint density at radius 2 is 1.81 bits per heavy atom. The molecule has 2 saturated heterocycles. The second kappa shape index (κ2) is 9.53. The van der Waals surface area contributed by atoms with Crippen molar-refractivity contribution in [3.8, 4) is 0 Å². The molecule has 1 aromatic carbocycles. The Bertz CT molecular complexity index is 919. The van der Waals surface area contributed by atoms with Crippen molar-refractivity contribution in [2.24, 2.45) is 5.92 Å². The van der Waals surface area contributed by atoms with E-state index in [2.05, 4.69) is 5.32 Å². The van der Waals surface area contributed by atoms with E-state index >= 15 is 0 Å². The molecule has 170 valence electrons. The first-order valence-corrected chi connectivity index (χ1v) is 12.6. The van der Waals surface area contributed by atoms with E-state index < -0.39 is 21.6 Å². The monoisotopic (exact) mass is 447 g/mol. The van der Waals surface area contributed by atoms with Crippen LogP contribution in [-0.2, 0) is 19.6 Å². The zero-order valence-corrected chi connectivity index (χ0v) is 19.4. The van der Waals surface area contributed by atoms with Crippen LogP contribution < -0.4 is 5.32 Å². The molecule has 1 unspecified atom stereocenters. The molecule has 0 bridgehead atoms. The number of sulfonamides is 1. The van der Waals surface area contributed by atoms with Gasteiger partial charge in [-0.3, -0.25) is 9.59 Å². The van der Waals surface area contributed by atoms with Crippen molar-refractivity contribution in [3.63, 3.8) is 0 Å². The SMILES string of the molecule is CCCN1C(=O)C(CC(C)C)NC(=O)C12CCN(S(=O)(=O)C=Cc1ccccc1)CC2. The van der Waals surface area contributed by atoms with Gasteiger partial charge in [-0.15, -0.1) is 0 Å². The quantitative estimate of drug-likeness (QED) is 0.696. The average Bonchev–Trinajstić information content (AvgIpc) is 2.74. The predicted octanol–water partition coefficient (Wildman–Crippen LogP) is 2.60. The Kier molecular flexibility index (Phi) is 7.21. The molecule has 0 aliphatic carbocycles. The van der Waals surface area contributed by atoms with Crippen molar-refractivity contribution in [2.45, 2.75) is 58.0 Å². The average molecular weight is 448 g/mol. The second-order valence-electron chi connectivity index (χ2n) is 8.83. The molecule has 1 N–H and O–H groups in total. The van der Waals surface area contributed by atoms with E-state index in [0.29, 0.717) is 25.8 Å². The van der Waals surface area contributed by atoms with Crippen LogP contribution in [0.2, 0.25) is 0 Å². The Morgan fingerprint density at radius 1 is 1.16 bits per heavy atom. The summed E-state index contributed by atoms with van der Waals surface area (Å²) in [5.41, 5.74) is -0.155. The van der Waals surface area contributed by atoms with Gasteiger partial charge in [0, 0.05) is 25.0 Å². The van der Waals surface area contributed by atoms with Gasteiger partial charge in [-0.1, -0.05) is 51.1 Å². The van der Waals surface area contributed by atoms with Crippen molar-refractivity contribution in [2.75, 3.05) is 19.6 Å². The number of piperazine rings is 1. The molecule has 1 spiro atoms. The largest absolute Gasteiger partial charge is 0.342 e. The molecule has 2 heterocycles. The van der Waals surface area contributed by atoms with Crippen molar-refractivity contribution in [1.82, 2.24) is 14.5 Å². The maximum atomic E-state index is 13.2. The third-order valence-corrected chi connectivity index (χ3v) is 7.67. The first-order chi connectivity index (χ1) is 14.7. The van der Waals surface area contributed by atoms with E-state index in [4.69, 9.17) is 0 Å². The number of piperidine rings is 1. The highest BCUT2D eigenvalue weighted by Crippen LogP contribution is 2.35. The van der Waals surface area contributed by atoms with Gasteiger partial charge in [0.15, 0.2) is 0 Å². The molecule has 1 aromatic rings. The molecule has 7 nitrogen and oxygen atoms in total. The van der Waals surface area contributed by atoms with E-state index in [1.54, 1.807) is 11.0 Å². The summed E-state index contributed by atoms with van der Waals surface area (Å²) in [6.07, 6.45) is 3.54. The van der Waals surface area contributed by atoms with E-state index in [9.17, 15) is 18.0 Å².